The first-order valence-corrected chi connectivity index (χ1v) is 7.91. The monoisotopic (exact) mass is 291 g/mol. The maximum atomic E-state index is 11.1. The van der Waals surface area contributed by atoms with Gasteiger partial charge in [-0.1, -0.05) is 25.5 Å². The lowest BCUT2D eigenvalue weighted by Gasteiger charge is -2.35. The van der Waals surface area contributed by atoms with Crippen LogP contribution in [0.1, 0.15) is 49.4 Å². The Morgan fingerprint density at radius 1 is 1.38 bits per heavy atom. The molecule has 0 radical (unpaired) electrons. The zero-order valence-corrected chi connectivity index (χ0v) is 12.8. The molecule has 0 saturated carbocycles. The number of aromatic carboxylic acids is 1. The van der Waals surface area contributed by atoms with Gasteiger partial charge in [-0.15, -0.1) is 0 Å². The molecule has 1 heterocycles. The molecule has 2 rings (SSSR count). The van der Waals surface area contributed by atoms with Gasteiger partial charge in [0.05, 0.1) is 6.61 Å². The number of carboxylic acids is 1. The van der Waals surface area contributed by atoms with Gasteiger partial charge in [0.2, 0.25) is 0 Å². The number of benzene rings is 1. The van der Waals surface area contributed by atoms with Crippen LogP contribution in [0.25, 0.3) is 0 Å². The Morgan fingerprint density at radius 3 is 2.95 bits per heavy atom. The first-order chi connectivity index (χ1) is 10.2. The standard InChI is InChI=1S/C17H25NO3/c1-2-14-8-5-6-11-18(14)12-7-13-21-16-10-4-3-9-15(16)17(19)20/h3-4,9-10,14H,2,5-8,11-13H2,1H3,(H,19,20). The van der Waals surface area contributed by atoms with Crippen LogP contribution in [0.5, 0.6) is 5.75 Å². The third kappa shape index (κ3) is 4.46. The Bertz CT molecular complexity index is 461. The largest absolute Gasteiger partial charge is 0.493 e. The summed E-state index contributed by atoms with van der Waals surface area (Å²) in [5.41, 5.74) is 0.238. The van der Waals surface area contributed by atoms with E-state index in [1.54, 1.807) is 24.3 Å². The summed E-state index contributed by atoms with van der Waals surface area (Å²) in [4.78, 5) is 13.6. The molecule has 0 aromatic heterocycles. The highest BCUT2D eigenvalue weighted by Gasteiger charge is 2.20. The van der Waals surface area contributed by atoms with Crippen molar-refractivity contribution in [3.8, 4) is 5.75 Å². The lowest BCUT2D eigenvalue weighted by molar-refractivity contribution is 0.0691. The Balaban J connectivity index is 1.78. The number of carbonyl (C=O) groups is 1. The first kappa shape index (κ1) is 15.8. The molecule has 4 nitrogen and oxygen atoms in total. The molecule has 0 spiro atoms. The average molecular weight is 291 g/mol. The summed E-state index contributed by atoms with van der Waals surface area (Å²) >= 11 is 0. The van der Waals surface area contributed by atoms with Crippen molar-refractivity contribution in [3.05, 3.63) is 29.8 Å². The minimum absolute atomic E-state index is 0.238. The minimum atomic E-state index is -0.937. The van der Waals surface area contributed by atoms with Gasteiger partial charge in [-0.2, -0.15) is 0 Å². The minimum Gasteiger partial charge on any atom is -0.493 e. The second-order valence-electron chi connectivity index (χ2n) is 5.60. The number of piperidine rings is 1. The zero-order chi connectivity index (χ0) is 15.1. The number of nitrogens with zero attached hydrogens (tertiary/aromatic N) is 1. The highest BCUT2D eigenvalue weighted by Crippen LogP contribution is 2.20. The van der Waals surface area contributed by atoms with Crippen molar-refractivity contribution in [2.45, 2.75) is 45.1 Å². The zero-order valence-electron chi connectivity index (χ0n) is 12.8. The van der Waals surface area contributed by atoms with Crippen LogP contribution in [-0.2, 0) is 0 Å². The summed E-state index contributed by atoms with van der Waals surface area (Å²) < 4.78 is 5.65. The Kier molecular flexibility index (Phi) is 6.05. The van der Waals surface area contributed by atoms with Crippen LogP contribution in [0, 0.1) is 0 Å². The highest BCUT2D eigenvalue weighted by atomic mass is 16.5. The molecule has 0 amide bonds. The molecule has 21 heavy (non-hydrogen) atoms. The molecule has 1 atom stereocenters. The predicted octanol–water partition coefficient (Wildman–Crippen LogP) is 3.42. The fourth-order valence-electron chi connectivity index (χ4n) is 3.04. The molecule has 1 unspecified atom stereocenters. The quantitative estimate of drug-likeness (QED) is 0.782. The van der Waals surface area contributed by atoms with E-state index >= 15 is 0 Å². The van der Waals surface area contributed by atoms with E-state index in [0.29, 0.717) is 18.4 Å². The van der Waals surface area contributed by atoms with Gasteiger partial charge >= 0.3 is 5.97 Å². The number of carboxylic acid groups (broad SMARTS) is 1. The highest BCUT2D eigenvalue weighted by molar-refractivity contribution is 5.90. The Labute approximate surface area is 126 Å². The van der Waals surface area contributed by atoms with Crippen molar-refractivity contribution < 1.29 is 14.6 Å². The summed E-state index contributed by atoms with van der Waals surface area (Å²) in [6.07, 6.45) is 6.09. The van der Waals surface area contributed by atoms with E-state index in [1.165, 1.54) is 32.2 Å². The van der Waals surface area contributed by atoms with Crippen molar-refractivity contribution >= 4 is 5.97 Å². The molecule has 4 heteroatoms. The van der Waals surface area contributed by atoms with Gasteiger partial charge < -0.3 is 14.7 Å². The molecule has 0 aliphatic carbocycles. The normalized spacial score (nSPS) is 19.4. The SMILES string of the molecule is CCC1CCCCN1CCCOc1ccccc1C(=O)O. The maximum absolute atomic E-state index is 11.1. The number of hydrogen-bond acceptors (Lipinski definition) is 3. The second kappa shape index (κ2) is 8.03. The molecule has 1 aliphatic rings. The van der Waals surface area contributed by atoms with Gasteiger partial charge in [-0.25, -0.2) is 4.79 Å². The summed E-state index contributed by atoms with van der Waals surface area (Å²) in [7, 11) is 0. The smallest absolute Gasteiger partial charge is 0.339 e. The third-order valence-electron chi connectivity index (χ3n) is 4.19. The van der Waals surface area contributed by atoms with Crippen LogP contribution < -0.4 is 4.74 Å². The fourth-order valence-corrected chi connectivity index (χ4v) is 3.04. The van der Waals surface area contributed by atoms with Crippen molar-refractivity contribution in [2.24, 2.45) is 0 Å². The van der Waals surface area contributed by atoms with Gasteiger partial charge in [-0.05, 0) is 44.4 Å². The second-order valence-corrected chi connectivity index (χ2v) is 5.60. The first-order valence-electron chi connectivity index (χ1n) is 7.91. The van der Waals surface area contributed by atoms with Crippen molar-refractivity contribution in [3.63, 3.8) is 0 Å². The fraction of sp³-hybridized carbons (Fsp3) is 0.588. The van der Waals surface area contributed by atoms with Crippen LogP contribution in [0.3, 0.4) is 0 Å². The molecule has 1 saturated heterocycles. The van der Waals surface area contributed by atoms with E-state index < -0.39 is 5.97 Å². The van der Waals surface area contributed by atoms with Crippen molar-refractivity contribution in [2.75, 3.05) is 19.7 Å². The number of ether oxygens (including phenoxy) is 1. The molecule has 1 N–H and O–H groups in total. The summed E-state index contributed by atoms with van der Waals surface area (Å²) in [5.74, 6) is -0.469. The molecular formula is C17H25NO3. The summed E-state index contributed by atoms with van der Waals surface area (Å²) in [6, 6.07) is 7.54. The molecule has 116 valence electrons. The number of rotatable bonds is 7. The van der Waals surface area contributed by atoms with E-state index in [-0.39, 0.29) is 5.56 Å². The predicted molar refractivity (Wildman–Crippen MR) is 83.0 cm³/mol. The van der Waals surface area contributed by atoms with Gasteiger partial charge in [0, 0.05) is 12.6 Å². The Hall–Kier alpha value is -1.55. The van der Waals surface area contributed by atoms with Crippen LogP contribution in [-0.4, -0.2) is 41.7 Å². The van der Waals surface area contributed by atoms with Crippen LogP contribution in [0.2, 0.25) is 0 Å². The van der Waals surface area contributed by atoms with Gasteiger partial charge in [-0.3, -0.25) is 0 Å². The average Bonchev–Trinajstić information content (AvgIpc) is 2.52. The lowest BCUT2D eigenvalue weighted by atomic mass is 10.00. The molecule has 1 fully saturated rings. The van der Waals surface area contributed by atoms with Gasteiger partial charge in [0.25, 0.3) is 0 Å². The number of para-hydroxylation sites is 1. The topological polar surface area (TPSA) is 49.8 Å². The number of likely N-dealkylation sites (tertiary alicyclic amines) is 1. The molecule has 0 bridgehead atoms. The molecular weight excluding hydrogens is 266 g/mol. The van der Waals surface area contributed by atoms with Crippen LogP contribution in [0.15, 0.2) is 24.3 Å². The van der Waals surface area contributed by atoms with Crippen molar-refractivity contribution in [1.29, 1.82) is 0 Å². The summed E-state index contributed by atoms with van der Waals surface area (Å²) in [6.45, 7) is 5.04. The van der Waals surface area contributed by atoms with E-state index in [4.69, 9.17) is 9.84 Å². The number of hydrogen-bond donors (Lipinski definition) is 1. The van der Waals surface area contributed by atoms with Crippen molar-refractivity contribution in [1.82, 2.24) is 4.90 Å². The Morgan fingerprint density at radius 2 is 2.19 bits per heavy atom. The van der Waals surface area contributed by atoms with Gasteiger partial charge in [0.1, 0.15) is 11.3 Å². The lowest BCUT2D eigenvalue weighted by Crippen LogP contribution is -2.40. The molecule has 1 aromatic rings. The van der Waals surface area contributed by atoms with Crippen LogP contribution in [0.4, 0.5) is 0 Å². The molecule has 1 aromatic carbocycles. The van der Waals surface area contributed by atoms with Crippen LogP contribution >= 0.6 is 0 Å². The van der Waals surface area contributed by atoms with Gasteiger partial charge in [0.15, 0.2) is 0 Å². The van der Waals surface area contributed by atoms with E-state index in [0.717, 1.165) is 13.0 Å². The van der Waals surface area contributed by atoms with E-state index in [1.807, 2.05) is 0 Å². The van der Waals surface area contributed by atoms with E-state index in [2.05, 4.69) is 11.8 Å². The third-order valence-corrected chi connectivity index (χ3v) is 4.19. The van der Waals surface area contributed by atoms with E-state index in [9.17, 15) is 4.79 Å². The molecule has 1 aliphatic heterocycles. The maximum Gasteiger partial charge on any atom is 0.339 e. The summed E-state index contributed by atoms with van der Waals surface area (Å²) in [5, 5.41) is 9.10.